The average molecular weight is 354 g/mol. The van der Waals surface area contributed by atoms with Crippen LogP contribution in [0.4, 0.5) is 0 Å². The number of aromatic nitrogens is 5. The van der Waals surface area contributed by atoms with E-state index in [1.807, 2.05) is 37.3 Å². The summed E-state index contributed by atoms with van der Waals surface area (Å²) in [6.45, 7) is 2.61. The smallest absolute Gasteiger partial charge is 0.273 e. The van der Waals surface area contributed by atoms with E-state index in [1.54, 1.807) is 23.1 Å². The van der Waals surface area contributed by atoms with E-state index >= 15 is 0 Å². The lowest BCUT2D eigenvalue weighted by Gasteiger charge is -2.08. The first-order valence-corrected chi connectivity index (χ1v) is 8.96. The van der Waals surface area contributed by atoms with Crippen LogP contribution in [0, 0.1) is 0 Å². The molecule has 0 saturated heterocycles. The number of hydrogen-bond acceptors (Lipinski definition) is 6. The summed E-state index contributed by atoms with van der Waals surface area (Å²) in [5.41, 5.74) is 1.91. The highest BCUT2D eigenvalue weighted by atomic mass is 32.2. The molecule has 0 aliphatic carbocycles. The van der Waals surface area contributed by atoms with E-state index in [0.29, 0.717) is 23.1 Å². The molecule has 0 fully saturated rings. The Hall–Kier alpha value is -2.74. The van der Waals surface area contributed by atoms with Gasteiger partial charge in [-0.15, -0.1) is 5.10 Å². The zero-order valence-electron chi connectivity index (χ0n) is 13.8. The zero-order chi connectivity index (χ0) is 17.5. The van der Waals surface area contributed by atoms with Crippen molar-refractivity contribution in [2.24, 2.45) is 0 Å². The molecule has 2 heterocycles. The van der Waals surface area contributed by atoms with Gasteiger partial charge >= 0.3 is 0 Å². The van der Waals surface area contributed by atoms with Crippen LogP contribution in [0.15, 0.2) is 53.9 Å². The monoisotopic (exact) mass is 354 g/mol. The summed E-state index contributed by atoms with van der Waals surface area (Å²) in [6.07, 6.45) is 4.24. The van der Waals surface area contributed by atoms with Crippen LogP contribution in [0.1, 0.15) is 29.5 Å². The first-order valence-electron chi connectivity index (χ1n) is 7.97. The third-order valence-electron chi connectivity index (χ3n) is 3.39. The highest BCUT2D eigenvalue weighted by Gasteiger charge is 2.20. The Kier molecular flexibility index (Phi) is 5.73. The summed E-state index contributed by atoms with van der Waals surface area (Å²) in [5.74, 6) is 0.273. The predicted molar refractivity (Wildman–Crippen MR) is 95.6 cm³/mol. The zero-order valence-corrected chi connectivity index (χ0v) is 14.6. The molecule has 0 atom stereocenters. The number of thioether (sulfide) groups is 1. The Morgan fingerprint density at radius 1 is 1.16 bits per heavy atom. The van der Waals surface area contributed by atoms with Crippen LogP contribution in [0.25, 0.3) is 5.69 Å². The number of nitrogens with one attached hydrogen (secondary N) is 1. The highest BCUT2D eigenvalue weighted by Crippen LogP contribution is 2.22. The van der Waals surface area contributed by atoms with Crippen molar-refractivity contribution >= 4 is 17.7 Å². The Labute approximate surface area is 149 Å². The average Bonchev–Trinajstić information content (AvgIpc) is 3.10. The summed E-state index contributed by atoms with van der Waals surface area (Å²) < 4.78 is 1.69. The number of carbonyl (C=O) groups excluding carboxylic acids is 1. The Morgan fingerprint density at radius 2 is 1.92 bits per heavy atom. The second kappa shape index (κ2) is 8.39. The van der Waals surface area contributed by atoms with Crippen molar-refractivity contribution in [3.05, 3.63) is 60.2 Å². The van der Waals surface area contributed by atoms with Crippen molar-refractivity contribution in [3.63, 3.8) is 0 Å². The molecule has 0 radical (unpaired) electrons. The van der Waals surface area contributed by atoms with Crippen LogP contribution in [-0.2, 0) is 5.75 Å². The fourth-order valence-electron chi connectivity index (χ4n) is 2.20. The molecule has 2 aromatic heterocycles. The van der Waals surface area contributed by atoms with Crippen LogP contribution in [0.3, 0.4) is 0 Å². The fraction of sp³-hybridized carbons (Fsp3) is 0.235. The summed E-state index contributed by atoms with van der Waals surface area (Å²) in [5, 5.41) is 11.8. The molecular formula is C17H18N6OS. The lowest BCUT2D eigenvalue weighted by molar-refractivity contribution is 0.0948. The van der Waals surface area contributed by atoms with E-state index in [2.05, 4.69) is 25.6 Å². The standard InChI is InChI=1S/C17H18N6OS/c1-2-9-18-16(24)15-14(12-25-17-19-10-6-11-20-17)23(22-21-15)13-7-4-3-5-8-13/h3-8,10-11H,2,9,12H2,1H3,(H,18,24). The van der Waals surface area contributed by atoms with Crippen LogP contribution in [0.2, 0.25) is 0 Å². The normalized spacial score (nSPS) is 10.6. The Morgan fingerprint density at radius 3 is 2.64 bits per heavy atom. The van der Waals surface area contributed by atoms with Gasteiger partial charge < -0.3 is 5.32 Å². The van der Waals surface area contributed by atoms with Crippen LogP contribution < -0.4 is 5.32 Å². The molecule has 25 heavy (non-hydrogen) atoms. The third kappa shape index (κ3) is 4.21. The van der Waals surface area contributed by atoms with E-state index in [4.69, 9.17) is 0 Å². The van der Waals surface area contributed by atoms with Crippen LogP contribution in [-0.4, -0.2) is 37.4 Å². The molecule has 0 bridgehead atoms. The Bertz CT molecular complexity index is 822. The van der Waals surface area contributed by atoms with E-state index < -0.39 is 0 Å². The van der Waals surface area contributed by atoms with Crippen molar-refractivity contribution in [2.45, 2.75) is 24.3 Å². The number of rotatable bonds is 7. The van der Waals surface area contributed by atoms with Crippen molar-refractivity contribution in [2.75, 3.05) is 6.54 Å². The van der Waals surface area contributed by atoms with Gasteiger partial charge in [-0.25, -0.2) is 14.6 Å². The quantitative estimate of drug-likeness (QED) is 0.518. The summed E-state index contributed by atoms with van der Waals surface area (Å²) >= 11 is 1.44. The molecule has 1 aromatic carbocycles. The number of hydrogen-bond donors (Lipinski definition) is 1. The molecule has 0 aliphatic heterocycles. The molecule has 1 amide bonds. The summed E-state index contributed by atoms with van der Waals surface area (Å²) in [4.78, 5) is 20.8. The lowest BCUT2D eigenvalue weighted by Crippen LogP contribution is -2.25. The van der Waals surface area contributed by atoms with Crippen molar-refractivity contribution in [3.8, 4) is 5.69 Å². The molecule has 3 aromatic rings. The first kappa shape index (κ1) is 17.1. The molecular weight excluding hydrogens is 336 g/mol. The number of nitrogens with zero attached hydrogens (tertiary/aromatic N) is 5. The lowest BCUT2D eigenvalue weighted by atomic mass is 10.3. The van der Waals surface area contributed by atoms with Gasteiger partial charge in [0.2, 0.25) is 0 Å². The summed E-state index contributed by atoms with van der Waals surface area (Å²) in [6, 6.07) is 11.4. The maximum Gasteiger partial charge on any atom is 0.273 e. The van der Waals surface area contributed by atoms with Gasteiger partial charge in [0.1, 0.15) is 0 Å². The van der Waals surface area contributed by atoms with Crippen molar-refractivity contribution < 1.29 is 4.79 Å². The minimum atomic E-state index is -0.214. The van der Waals surface area contributed by atoms with Gasteiger partial charge in [-0.05, 0) is 24.6 Å². The van der Waals surface area contributed by atoms with Gasteiger partial charge in [0, 0.05) is 24.7 Å². The maximum atomic E-state index is 12.4. The van der Waals surface area contributed by atoms with E-state index in [0.717, 1.165) is 17.8 Å². The largest absolute Gasteiger partial charge is 0.351 e. The van der Waals surface area contributed by atoms with Gasteiger partial charge in [-0.1, -0.05) is 42.1 Å². The van der Waals surface area contributed by atoms with Crippen LogP contribution in [0.5, 0.6) is 0 Å². The molecule has 7 nitrogen and oxygen atoms in total. The maximum absolute atomic E-state index is 12.4. The van der Waals surface area contributed by atoms with Crippen LogP contribution >= 0.6 is 11.8 Å². The highest BCUT2D eigenvalue weighted by molar-refractivity contribution is 7.98. The van der Waals surface area contributed by atoms with E-state index in [-0.39, 0.29) is 5.91 Å². The molecule has 0 saturated carbocycles. The Balaban J connectivity index is 1.90. The SMILES string of the molecule is CCCNC(=O)c1nnn(-c2ccccc2)c1CSc1ncccn1. The van der Waals surface area contributed by atoms with Gasteiger partial charge in [0.05, 0.1) is 11.4 Å². The molecule has 0 spiro atoms. The van der Waals surface area contributed by atoms with E-state index in [9.17, 15) is 4.79 Å². The second-order valence-electron chi connectivity index (χ2n) is 5.21. The molecule has 128 valence electrons. The van der Waals surface area contributed by atoms with Crippen molar-refractivity contribution in [1.29, 1.82) is 0 Å². The molecule has 0 unspecified atom stereocenters. The number of benzene rings is 1. The van der Waals surface area contributed by atoms with Gasteiger partial charge in [0.15, 0.2) is 10.9 Å². The molecule has 3 rings (SSSR count). The number of amides is 1. The minimum Gasteiger partial charge on any atom is -0.351 e. The van der Waals surface area contributed by atoms with E-state index in [1.165, 1.54) is 11.8 Å². The molecule has 1 N–H and O–H groups in total. The molecule has 8 heteroatoms. The fourth-order valence-corrected chi connectivity index (χ4v) is 2.99. The van der Waals surface area contributed by atoms with Gasteiger partial charge in [-0.2, -0.15) is 0 Å². The minimum absolute atomic E-state index is 0.214. The molecule has 0 aliphatic rings. The van der Waals surface area contributed by atoms with Crippen molar-refractivity contribution in [1.82, 2.24) is 30.3 Å². The second-order valence-corrected chi connectivity index (χ2v) is 6.15. The number of para-hydroxylation sites is 1. The predicted octanol–water partition coefficient (Wildman–Crippen LogP) is 2.49. The third-order valence-corrected chi connectivity index (χ3v) is 4.28. The summed E-state index contributed by atoms with van der Waals surface area (Å²) in [7, 11) is 0. The topological polar surface area (TPSA) is 85.6 Å². The van der Waals surface area contributed by atoms with Gasteiger partial charge in [-0.3, -0.25) is 4.79 Å². The van der Waals surface area contributed by atoms with Gasteiger partial charge in [0.25, 0.3) is 5.91 Å². The first-order chi connectivity index (χ1) is 12.3. The number of carbonyl (C=O) groups is 1.